The first-order chi connectivity index (χ1) is 10.8. The third-order valence-corrected chi connectivity index (χ3v) is 3.47. The van der Waals surface area contributed by atoms with Crippen LogP contribution in [-0.4, -0.2) is 16.9 Å². The second kappa shape index (κ2) is 8.75. The molecule has 2 nitrogen and oxygen atoms in total. The van der Waals surface area contributed by atoms with Crippen LogP contribution in [0.1, 0.15) is 31.8 Å². The summed E-state index contributed by atoms with van der Waals surface area (Å²) >= 11 is 10.4. The number of carbonyl (C=O) groups is 2. The van der Waals surface area contributed by atoms with Gasteiger partial charge in [0.15, 0.2) is 5.78 Å². The standard InChI is InChI=1S/C9H8ClFO.C8H6ClFO/c1-6-2-3-7(4-8(6)11)9(12)5-10;1-5-2-3-6(8(9)11)4-7(5)10/h2-4H,5H2,1H3;2-4H,1H3. The monoisotopic (exact) mass is 358 g/mol. The van der Waals surface area contributed by atoms with Crippen molar-refractivity contribution in [2.45, 2.75) is 13.8 Å². The molecular weight excluding hydrogens is 345 g/mol. The average molecular weight is 359 g/mol. The summed E-state index contributed by atoms with van der Waals surface area (Å²) in [6.45, 7) is 3.27. The predicted molar refractivity (Wildman–Crippen MR) is 87.5 cm³/mol. The molecule has 0 spiro atoms. The van der Waals surface area contributed by atoms with E-state index in [0.29, 0.717) is 16.7 Å². The highest BCUT2D eigenvalue weighted by Gasteiger charge is 2.06. The summed E-state index contributed by atoms with van der Waals surface area (Å²) in [5, 5.41) is -0.635. The smallest absolute Gasteiger partial charge is 0.252 e. The molecule has 0 saturated heterocycles. The molecule has 122 valence electrons. The number of aryl methyl sites for hydroxylation is 2. The van der Waals surface area contributed by atoms with Crippen molar-refractivity contribution in [3.05, 3.63) is 70.3 Å². The van der Waals surface area contributed by atoms with Gasteiger partial charge < -0.3 is 0 Å². The van der Waals surface area contributed by atoms with E-state index in [2.05, 4.69) is 0 Å². The van der Waals surface area contributed by atoms with Crippen molar-refractivity contribution >= 4 is 34.2 Å². The lowest BCUT2D eigenvalue weighted by Crippen LogP contribution is -2.00. The Morgan fingerprint density at radius 2 is 1.35 bits per heavy atom. The Hall–Kier alpha value is -1.78. The van der Waals surface area contributed by atoms with Crippen LogP contribution in [0.25, 0.3) is 0 Å². The van der Waals surface area contributed by atoms with Gasteiger partial charge in [-0.05, 0) is 54.8 Å². The van der Waals surface area contributed by atoms with Crippen molar-refractivity contribution < 1.29 is 18.4 Å². The fourth-order valence-electron chi connectivity index (χ4n) is 1.56. The van der Waals surface area contributed by atoms with E-state index in [1.807, 2.05) is 0 Å². The molecule has 0 unspecified atom stereocenters. The van der Waals surface area contributed by atoms with Gasteiger partial charge in [0, 0.05) is 11.1 Å². The van der Waals surface area contributed by atoms with E-state index in [1.165, 1.54) is 18.2 Å². The van der Waals surface area contributed by atoms with Crippen LogP contribution in [0.5, 0.6) is 0 Å². The highest BCUT2D eigenvalue weighted by molar-refractivity contribution is 6.67. The number of Topliss-reactive ketones (excluding diaryl/α,β-unsaturated/α-hetero) is 1. The minimum atomic E-state index is -0.635. The molecule has 0 aliphatic heterocycles. The fourth-order valence-corrected chi connectivity index (χ4v) is 1.83. The van der Waals surface area contributed by atoms with Gasteiger partial charge in [-0.25, -0.2) is 8.78 Å². The highest BCUT2D eigenvalue weighted by Crippen LogP contribution is 2.11. The number of benzene rings is 2. The summed E-state index contributed by atoms with van der Waals surface area (Å²) in [7, 11) is 0. The summed E-state index contributed by atoms with van der Waals surface area (Å²) in [4.78, 5) is 21.5. The first-order valence-corrected chi connectivity index (χ1v) is 7.48. The zero-order valence-corrected chi connectivity index (χ0v) is 14.0. The fraction of sp³-hybridized carbons (Fsp3) is 0.176. The van der Waals surface area contributed by atoms with Gasteiger partial charge in [0.2, 0.25) is 0 Å². The lowest BCUT2D eigenvalue weighted by Gasteiger charge is -1.99. The maximum Gasteiger partial charge on any atom is 0.252 e. The van der Waals surface area contributed by atoms with E-state index < -0.39 is 11.1 Å². The van der Waals surface area contributed by atoms with Crippen LogP contribution in [0.4, 0.5) is 8.78 Å². The molecule has 2 aromatic carbocycles. The van der Waals surface area contributed by atoms with Gasteiger partial charge in [-0.1, -0.05) is 18.2 Å². The van der Waals surface area contributed by atoms with Gasteiger partial charge in [-0.2, -0.15) is 0 Å². The van der Waals surface area contributed by atoms with Gasteiger partial charge in [0.1, 0.15) is 11.6 Å². The van der Waals surface area contributed by atoms with Crippen LogP contribution in [0, 0.1) is 25.5 Å². The molecule has 0 N–H and O–H groups in total. The number of halogens is 4. The SMILES string of the molecule is Cc1ccc(C(=O)CCl)cc1F.Cc1ccc(C(=O)Cl)cc1F. The molecular formula is C17H14Cl2F2O2. The molecule has 0 saturated carbocycles. The van der Waals surface area contributed by atoms with Gasteiger partial charge in [0.05, 0.1) is 5.88 Å². The van der Waals surface area contributed by atoms with E-state index in [0.717, 1.165) is 6.07 Å². The van der Waals surface area contributed by atoms with Gasteiger partial charge in [-0.3, -0.25) is 9.59 Å². The van der Waals surface area contributed by atoms with Crippen LogP contribution in [0.2, 0.25) is 0 Å². The summed E-state index contributed by atoms with van der Waals surface area (Å²) < 4.78 is 25.6. The van der Waals surface area contributed by atoms with Crippen LogP contribution < -0.4 is 0 Å². The highest BCUT2D eigenvalue weighted by atomic mass is 35.5. The molecule has 0 aliphatic rings. The summed E-state index contributed by atoms with van der Waals surface area (Å²) in [5.41, 5.74) is 1.55. The molecule has 0 amide bonds. The molecule has 6 heteroatoms. The lowest BCUT2D eigenvalue weighted by atomic mass is 10.1. The number of alkyl halides is 1. The van der Waals surface area contributed by atoms with Crippen LogP contribution in [-0.2, 0) is 0 Å². The van der Waals surface area contributed by atoms with Gasteiger partial charge >= 0.3 is 0 Å². The number of carbonyl (C=O) groups excluding carboxylic acids is 2. The Labute approximate surface area is 143 Å². The van der Waals surface area contributed by atoms with E-state index in [4.69, 9.17) is 23.2 Å². The number of hydrogen-bond acceptors (Lipinski definition) is 2. The maximum absolute atomic E-state index is 12.9. The van der Waals surface area contributed by atoms with Crippen molar-refractivity contribution in [1.29, 1.82) is 0 Å². The molecule has 0 atom stereocenters. The third-order valence-electron chi connectivity index (χ3n) is 3.01. The van der Waals surface area contributed by atoms with Gasteiger partial charge in [-0.15, -0.1) is 11.6 Å². The van der Waals surface area contributed by atoms with E-state index >= 15 is 0 Å². The molecule has 2 rings (SSSR count). The zero-order valence-electron chi connectivity index (χ0n) is 12.5. The summed E-state index contributed by atoms with van der Waals surface area (Å²) in [6, 6.07) is 8.49. The normalized spacial score (nSPS) is 9.83. The lowest BCUT2D eigenvalue weighted by molar-refractivity contribution is 0.101. The van der Waals surface area contributed by atoms with Crippen molar-refractivity contribution in [3.63, 3.8) is 0 Å². The largest absolute Gasteiger partial charge is 0.293 e. The quantitative estimate of drug-likeness (QED) is 0.436. The maximum atomic E-state index is 12.9. The number of hydrogen-bond donors (Lipinski definition) is 0. The summed E-state index contributed by atoms with van der Waals surface area (Å²) in [5.74, 6) is -1.14. The number of ketones is 1. The molecule has 2 aromatic rings. The van der Waals surface area contributed by atoms with Crippen molar-refractivity contribution in [2.75, 3.05) is 5.88 Å². The second-order valence-electron chi connectivity index (χ2n) is 4.76. The Balaban J connectivity index is 0.000000231. The Bertz CT molecular complexity index is 731. The topological polar surface area (TPSA) is 34.1 Å². The third kappa shape index (κ3) is 5.73. The Morgan fingerprint density at radius 1 is 0.913 bits per heavy atom. The van der Waals surface area contributed by atoms with Crippen LogP contribution in [0.15, 0.2) is 36.4 Å². The van der Waals surface area contributed by atoms with Crippen LogP contribution in [0.3, 0.4) is 0 Å². The Kier molecular flexibility index (Phi) is 7.33. The molecule has 0 fully saturated rings. The van der Waals surface area contributed by atoms with Gasteiger partial charge in [0.25, 0.3) is 5.24 Å². The van der Waals surface area contributed by atoms with Crippen molar-refractivity contribution in [3.8, 4) is 0 Å². The molecule has 0 heterocycles. The van der Waals surface area contributed by atoms with Crippen molar-refractivity contribution in [2.24, 2.45) is 0 Å². The molecule has 0 aromatic heterocycles. The van der Waals surface area contributed by atoms with E-state index in [-0.39, 0.29) is 23.0 Å². The first kappa shape index (κ1) is 19.3. The predicted octanol–water partition coefficient (Wildman–Crippen LogP) is 5.07. The molecule has 0 bridgehead atoms. The van der Waals surface area contributed by atoms with E-state index in [9.17, 15) is 18.4 Å². The molecule has 0 aliphatic carbocycles. The minimum absolute atomic E-state index is 0.109. The minimum Gasteiger partial charge on any atom is -0.293 e. The molecule has 23 heavy (non-hydrogen) atoms. The molecule has 0 radical (unpaired) electrons. The Morgan fingerprint density at radius 3 is 1.74 bits per heavy atom. The van der Waals surface area contributed by atoms with Crippen LogP contribution >= 0.6 is 23.2 Å². The number of rotatable bonds is 3. The first-order valence-electron chi connectivity index (χ1n) is 6.57. The van der Waals surface area contributed by atoms with E-state index in [1.54, 1.807) is 26.0 Å². The second-order valence-corrected chi connectivity index (χ2v) is 5.37. The summed E-state index contributed by atoms with van der Waals surface area (Å²) in [6.07, 6.45) is 0. The average Bonchev–Trinajstić information content (AvgIpc) is 2.52. The van der Waals surface area contributed by atoms with Crippen molar-refractivity contribution in [1.82, 2.24) is 0 Å². The zero-order chi connectivity index (χ0) is 17.6.